The highest BCUT2D eigenvalue weighted by Crippen LogP contribution is 2.23. The van der Waals surface area contributed by atoms with Crippen LogP contribution >= 0.6 is 0 Å². The minimum Gasteiger partial charge on any atom is -0.484 e. The first-order valence-corrected chi connectivity index (χ1v) is 12.3. The summed E-state index contributed by atoms with van der Waals surface area (Å²) in [4.78, 5) is 38.0. The predicted molar refractivity (Wildman–Crippen MR) is 139 cm³/mol. The van der Waals surface area contributed by atoms with Gasteiger partial charge < -0.3 is 14.2 Å². The van der Waals surface area contributed by atoms with E-state index in [0.29, 0.717) is 54.0 Å². The van der Waals surface area contributed by atoms with Gasteiger partial charge in [-0.2, -0.15) is 4.98 Å². The molecule has 1 N–H and O–H groups in total. The lowest BCUT2D eigenvalue weighted by molar-refractivity contribution is 0.243. The molecule has 0 radical (unpaired) electrons. The van der Waals surface area contributed by atoms with E-state index in [2.05, 4.69) is 20.1 Å². The van der Waals surface area contributed by atoms with Crippen molar-refractivity contribution in [1.82, 2.24) is 29.2 Å². The molecular weight excluding hydrogens is 472 g/mol. The number of nitrogens with one attached hydrogen (secondary N) is 1. The van der Waals surface area contributed by atoms with E-state index in [1.54, 1.807) is 16.7 Å². The van der Waals surface area contributed by atoms with Crippen LogP contribution in [0.3, 0.4) is 0 Å². The number of fused-ring (bicyclic) bond motifs is 1. The highest BCUT2D eigenvalue weighted by Gasteiger charge is 2.17. The largest absolute Gasteiger partial charge is 0.484 e. The Labute approximate surface area is 212 Å². The summed E-state index contributed by atoms with van der Waals surface area (Å²) in [6.45, 7) is 6.92. The second-order valence-corrected chi connectivity index (χ2v) is 8.87. The first kappa shape index (κ1) is 24.2. The number of hydrogen-bond acceptors (Lipinski definition) is 7. The van der Waals surface area contributed by atoms with Gasteiger partial charge in [-0.15, -0.1) is 0 Å². The second kappa shape index (κ2) is 10.3. The average molecular weight is 501 g/mol. The molecule has 0 aliphatic heterocycles. The number of ether oxygens (including phenoxy) is 1. The number of benzene rings is 2. The zero-order valence-electron chi connectivity index (χ0n) is 21.0. The van der Waals surface area contributed by atoms with Crippen LogP contribution in [0.15, 0.2) is 62.6 Å². The van der Waals surface area contributed by atoms with Crippen molar-refractivity contribution < 1.29 is 9.26 Å². The molecule has 0 amide bonds. The smallest absolute Gasteiger partial charge is 0.332 e. The van der Waals surface area contributed by atoms with E-state index >= 15 is 0 Å². The molecule has 0 fully saturated rings. The summed E-state index contributed by atoms with van der Waals surface area (Å²) in [5.74, 6) is 2.01. The Morgan fingerprint density at radius 2 is 1.57 bits per heavy atom. The van der Waals surface area contributed by atoms with E-state index in [4.69, 9.17) is 9.26 Å². The highest BCUT2D eigenvalue weighted by atomic mass is 16.5. The van der Waals surface area contributed by atoms with Crippen LogP contribution in [-0.2, 0) is 19.7 Å². The molecule has 2 aromatic carbocycles. The monoisotopic (exact) mass is 500 g/mol. The van der Waals surface area contributed by atoms with Gasteiger partial charge in [0, 0.05) is 24.2 Å². The molecule has 0 atom stereocenters. The maximum Gasteiger partial charge on any atom is 0.332 e. The molecule has 0 aliphatic rings. The van der Waals surface area contributed by atoms with Crippen molar-refractivity contribution >= 4 is 11.2 Å². The molecule has 0 saturated heterocycles. The number of aromatic amines is 1. The van der Waals surface area contributed by atoms with Gasteiger partial charge in [0.15, 0.2) is 12.3 Å². The van der Waals surface area contributed by atoms with Gasteiger partial charge >= 0.3 is 5.69 Å². The molecule has 0 spiro atoms. The molecule has 190 valence electrons. The Bertz CT molecular complexity index is 1640. The lowest BCUT2D eigenvalue weighted by Crippen LogP contribution is -2.40. The quantitative estimate of drug-likeness (QED) is 0.320. The maximum atomic E-state index is 13.0. The van der Waals surface area contributed by atoms with Gasteiger partial charge in [0.25, 0.3) is 11.4 Å². The third kappa shape index (κ3) is 4.82. The van der Waals surface area contributed by atoms with E-state index in [0.717, 1.165) is 23.1 Å². The van der Waals surface area contributed by atoms with Gasteiger partial charge in [0.05, 0.1) is 0 Å². The Morgan fingerprint density at radius 3 is 2.27 bits per heavy atom. The van der Waals surface area contributed by atoms with Crippen LogP contribution in [0.25, 0.3) is 33.9 Å². The molecule has 0 bridgehead atoms. The normalized spacial score (nSPS) is 11.3. The standard InChI is InChI=1S/C27H28N6O4/c1-4-14-32-25-22(26(34)33(15-5-2)27(32)35)29-23(30-25)18-10-12-20(13-11-18)36-16-21-28-24(31-37-21)19-8-6-17(3)7-9-19/h6-13H,4-5,14-16H2,1-3H3,(H,29,30). The zero-order chi connectivity index (χ0) is 25.9. The van der Waals surface area contributed by atoms with Gasteiger partial charge in [-0.1, -0.05) is 48.8 Å². The second-order valence-electron chi connectivity index (χ2n) is 8.87. The SMILES string of the molecule is CCCn1c(=O)c2[nH]c(-c3ccc(OCc4nc(-c5ccc(C)cc5)no4)cc3)nc2n(CCC)c1=O. The first-order chi connectivity index (χ1) is 18.0. The van der Waals surface area contributed by atoms with E-state index in [9.17, 15) is 9.59 Å². The molecule has 0 unspecified atom stereocenters. The van der Waals surface area contributed by atoms with Gasteiger partial charge in [0.1, 0.15) is 17.1 Å². The number of imidazole rings is 1. The van der Waals surface area contributed by atoms with Gasteiger partial charge in [0.2, 0.25) is 5.82 Å². The minimum atomic E-state index is -0.350. The maximum absolute atomic E-state index is 13.0. The Balaban J connectivity index is 1.35. The van der Waals surface area contributed by atoms with Gasteiger partial charge in [-0.25, -0.2) is 9.78 Å². The van der Waals surface area contributed by atoms with Crippen LogP contribution in [0, 0.1) is 6.92 Å². The van der Waals surface area contributed by atoms with Crippen LogP contribution < -0.4 is 16.0 Å². The molecule has 10 nitrogen and oxygen atoms in total. The number of H-pyrrole nitrogens is 1. The summed E-state index contributed by atoms with van der Waals surface area (Å²) < 4.78 is 14.0. The summed E-state index contributed by atoms with van der Waals surface area (Å²) in [6, 6.07) is 15.2. The van der Waals surface area contributed by atoms with Crippen molar-refractivity contribution in [2.75, 3.05) is 0 Å². The topological polar surface area (TPSA) is 121 Å². The van der Waals surface area contributed by atoms with Crippen molar-refractivity contribution in [3.8, 4) is 28.5 Å². The van der Waals surface area contributed by atoms with E-state index < -0.39 is 0 Å². The third-order valence-electron chi connectivity index (χ3n) is 6.02. The third-order valence-corrected chi connectivity index (χ3v) is 6.02. The van der Waals surface area contributed by atoms with Crippen molar-refractivity contribution in [3.05, 3.63) is 80.8 Å². The molecule has 3 heterocycles. The van der Waals surface area contributed by atoms with Gasteiger partial charge in [-0.05, 0) is 44.0 Å². The summed E-state index contributed by atoms with van der Waals surface area (Å²) in [7, 11) is 0. The lowest BCUT2D eigenvalue weighted by atomic mass is 10.1. The Hall–Kier alpha value is -4.47. The molecule has 0 aliphatic carbocycles. The molecule has 5 rings (SSSR count). The fraction of sp³-hybridized carbons (Fsp3) is 0.296. The average Bonchev–Trinajstić information content (AvgIpc) is 3.57. The fourth-order valence-corrected chi connectivity index (χ4v) is 4.14. The van der Waals surface area contributed by atoms with Crippen molar-refractivity contribution in [2.24, 2.45) is 0 Å². The Kier molecular flexibility index (Phi) is 6.72. The zero-order valence-corrected chi connectivity index (χ0v) is 21.0. The summed E-state index contributed by atoms with van der Waals surface area (Å²) >= 11 is 0. The Morgan fingerprint density at radius 1 is 0.892 bits per heavy atom. The van der Waals surface area contributed by atoms with Crippen LogP contribution in [0.2, 0.25) is 0 Å². The number of aromatic nitrogens is 6. The van der Waals surface area contributed by atoms with E-state index in [1.165, 1.54) is 4.57 Å². The van der Waals surface area contributed by atoms with E-state index in [1.807, 2.05) is 57.2 Å². The lowest BCUT2D eigenvalue weighted by Gasteiger charge is -2.09. The molecule has 5 aromatic rings. The molecule has 10 heteroatoms. The number of rotatable bonds is 9. The first-order valence-electron chi connectivity index (χ1n) is 12.3. The number of nitrogens with zero attached hydrogens (tertiary/aromatic N) is 5. The van der Waals surface area contributed by atoms with Crippen molar-refractivity contribution in [3.63, 3.8) is 0 Å². The highest BCUT2D eigenvalue weighted by molar-refractivity contribution is 5.75. The summed E-state index contributed by atoms with van der Waals surface area (Å²) in [5, 5.41) is 4.02. The molecule has 37 heavy (non-hydrogen) atoms. The van der Waals surface area contributed by atoms with E-state index in [-0.39, 0.29) is 17.9 Å². The fourth-order valence-electron chi connectivity index (χ4n) is 4.14. The van der Waals surface area contributed by atoms with Crippen molar-refractivity contribution in [2.45, 2.75) is 53.3 Å². The molecular formula is C27H28N6O4. The molecule has 3 aromatic heterocycles. The van der Waals surface area contributed by atoms with Crippen LogP contribution in [0.1, 0.15) is 38.1 Å². The molecule has 0 saturated carbocycles. The number of hydrogen-bond donors (Lipinski definition) is 1. The minimum absolute atomic E-state index is 0.128. The van der Waals surface area contributed by atoms with Crippen LogP contribution in [0.5, 0.6) is 5.75 Å². The summed E-state index contributed by atoms with van der Waals surface area (Å²) in [5.41, 5.74) is 2.83. The van der Waals surface area contributed by atoms with Crippen LogP contribution in [0.4, 0.5) is 0 Å². The van der Waals surface area contributed by atoms with Gasteiger partial charge in [-0.3, -0.25) is 13.9 Å². The summed E-state index contributed by atoms with van der Waals surface area (Å²) in [6.07, 6.45) is 1.44. The predicted octanol–water partition coefficient (Wildman–Crippen LogP) is 4.31. The number of aryl methyl sites for hydroxylation is 2. The van der Waals surface area contributed by atoms with Crippen molar-refractivity contribution in [1.29, 1.82) is 0 Å². The van der Waals surface area contributed by atoms with Crippen LogP contribution in [-0.4, -0.2) is 29.2 Å².